The molecule has 0 saturated carbocycles. The van der Waals surface area contributed by atoms with E-state index in [0.29, 0.717) is 0 Å². The Kier molecular flexibility index (Phi) is 2.59. The number of rotatable bonds is 1. The summed E-state index contributed by atoms with van der Waals surface area (Å²) in [6, 6.07) is 9.99. The predicted molar refractivity (Wildman–Crippen MR) is 62.9 cm³/mol. The molecule has 1 aliphatic heterocycles. The number of para-hydroxylation sites is 1. The SMILES string of the molecule is C=C1CN(C)C(=Nc2ccccc2)S1. The van der Waals surface area contributed by atoms with Gasteiger partial charge in [-0.1, -0.05) is 36.5 Å². The summed E-state index contributed by atoms with van der Waals surface area (Å²) in [5, 5.41) is 1.03. The first-order valence-electron chi connectivity index (χ1n) is 4.46. The molecular weight excluding hydrogens is 192 g/mol. The standard InChI is InChI=1S/C11H12N2S/c1-9-8-13(2)11(14-9)12-10-6-4-3-5-7-10/h3-7H,1,8H2,2H3. The van der Waals surface area contributed by atoms with Crippen LogP contribution in [0.4, 0.5) is 5.69 Å². The Morgan fingerprint density at radius 2 is 2.07 bits per heavy atom. The summed E-state index contributed by atoms with van der Waals surface area (Å²) >= 11 is 1.65. The summed E-state index contributed by atoms with van der Waals surface area (Å²) in [6.07, 6.45) is 0. The van der Waals surface area contributed by atoms with Crippen LogP contribution in [-0.4, -0.2) is 23.7 Å². The first-order valence-corrected chi connectivity index (χ1v) is 5.28. The van der Waals surface area contributed by atoms with Crippen LogP contribution in [0.5, 0.6) is 0 Å². The molecule has 0 N–H and O–H groups in total. The van der Waals surface area contributed by atoms with Crippen molar-refractivity contribution in [2.24, 2.45) is 4.99 Å². The van der Waals surface area contributed by atoms with Crippen molar-refractivity contribution >= 4 is 22.6 Å². The van der Waals surface area contributed by atoms with Gasteiger partial charge < -0.3 is 4.90 Å². The molecule has 14 heavy (non-hydrogen) atoms. The van der Waals surface area contributed by atoms with E-state index in [0.717, 1.165) is 22.3 Å². The number of hydrogen-bond donors (Lipinski definition) is 0. The monoisotopic (exact) mass is 204 g/mol. The van der Waals surface area contributed by atoms with Crippen molar-refractivity contribution in [3.63, 3.8) is 0 Å². The number of thioether (sulfide) groups is 1. The quantitative estimate of drug-likeness (QED) is 0.699. The van der Waals surface area contributed by atoms with Gasteiger partial charge in [0.05, 0.1) is 12.2 Å². The Hall–Kier alpha value is -1.22. The second kappa shape index (κ2) is 3.88. The molecule has 1 aliphatic rings. The van der Waals surface area contributed by atoms with Crippen LogP contribution in [0.1, 0.15) is 0 Å². The number of hydrogen-bond acceptors (Lipinski definition) is 2. The van der Waals surface area contributed by atoms with Gasteiger partial charge in [0.25, 0.3) is 0 Å². The van der Waals surface area contributed by atoms with Gasteiger partial charge in [0.1, 0.15) is 0 Å². The fourth-order valence-corrected chi connectivity index (χ4v) is 2.18. The molecule has 0 atom stereocenters. The number of benzene rings is 1. The maximum atomic E-state index is 4.53. The lowest BCUT2D eigenvalue weighted by molar-refractivity contribution is 0.582. The number of amidine groups is 1. The second-order valence-electron chi connectivity index (χ2n) is 3.23. The Balaban J connectivity index is 2.23. The van der Waals surface area contributed by atoms with Crippen molar-refractivity contribution in [1.82, 2.24) is 4.90 Å². The zero-order chi connectivity index (χ0) is 9.97. The summed E-state index contributed by atoms with van der Waals surface area (Å²) < 4.78 is 0. The smallest absolute Gasteiger partial charge is 0.169 e. The van der Waals surface area contributed by atoms with Crippen molar-refractivity contribution in [1.29, 1.82) is 0 Å². The number of aliphatic imine (C=N–C) groups is 1. The van der Waals surface area contributed by atoms with Crippen LogP contribution in [-0.2, 0) is 0 Å². The van der Waals surface area contributed by atoms with Crippen LogP contribution < -0.4 is 0 Å². The van der Waals surface area contributed by atoms with E-state index >= 15 is 0 Å². The molecular formula is C11H12N2S. The zero-order valence-corrected chi connectivity index (χ0v) is 8.92. The maximum Gasteiger partial charge on any atom is 0.169 e. The van der Waals surface area contributed by atoms with Crippen LogP contribution in [0, 0.1) is 0 Å². The normalized spacial score (nSPS) is 19.4. The fourth-order valence-electron chi connectivity index (χ4n) is 1.29. The molecule has 72 valence electrons. The summed E-state index contributed by atoms with van der Waals surface area (Å²) in [4.78, 5) is 7.80. The van der Waals surface area contributed by atoms with Crippen molar-refractivity contribution in [3.8, 4) is 0 Å². The lowest BCUT2D eigenvalue weighted by Gasteiger charge is -2.08. The van der Waals surface area contributed by atoms with Gasteiger partial charge >= 0.3 is 0 Å². The first-order chi connectivity index (χ1) is 6.75. The van der Waals surface area contributed by atoms with Crippen molar-refractivity contribution < 1.29 is 0 Å². The lowest BCUT2D eigenvalue weighted by atomic mass is 10.3. The molecule has 3 heteroatoms. The van der Waals surface area contributed by atoms with Gasteiger partial charge in [-0.2, -0.15) is 0 Å². The van der Waals surface area contributed by atoms with Gasteiger partial charge in [-0.25, -0.2) is 4.99 Å². The lowest BCUT2D eigenvalue weighted by Crippen LogP contribution is -2.17. The van der Waals surface area contributed by atoms with Crippen LogP contribution in [0.2, 0.25) is 0 Å². The van der Waals surface area contributed by atoms with Gasteiger partial charge in [-0.05, 0) is 12.1 Å². The second-order valence-corrected chi connectivity index (χ2v) is 4.37. The summed E-state index contributed by atoms with van der Waals surface area (Å²) in [6.45, 7) is 4.84. The van der Waals surface area contributed by atoms with E-state index in [1.807, 2.05) is 37.4 Å². The maximum absolute atomic E-state index is 4.53. The fraction of sp³-hybridized carbons (Fsp3) is 0.182. The Bertz CT molecular complexity index is 370. The highest BCUT2D eigenvalue weighted by Crippen LogP contribution is 2.28. The van der Waals surface area contributed by atoms with Crippen LogP contribution in [0.15, 0.2) is 46.8 Å². The molecule has 1 aromatic rings. The Morgan fingerprint density at radius 1 is 1.36 bits per heavy atom. The van der Waals surface area contributed by atoms with Crippen LogP contribution >= 0.6 is 11.8 Å². The minimum Gasteiger partial charge on any atom is -0.349 e. The van der Waals surface area contributed by atoms with Crippen LogP contribution in [0.3, 0.4) is 0 Å². The molecule has 0 spiro atoms. The largest absolute Gasteiger partial charge is 0.349 e. The summed E-state index contributed by atoms with van der Waals surface area (Å²) in [5.41, 5.74) is 0.997. The number of likely N-dealkylation sites (N-methyl/N-ethyl adjacent to an activating group) is 1. The molecule has 2 nitrogen and oxygen atoms in total. The summed E-state index contributed by atoms with van der Waals surface area (Å²) in [7, 11) is 2.03. The van der Waals surface area contributed by atoms with E-state index in [2.05, 4.69) is 16.5 Å². The topological polar surface area (TPSA) is 15.6 Å². The van der Waals surface area contributed by atoms with Gasteiger partial charge in [-0.3, -0.25) is 0 Å². The van der Waals surface area contributed by atoms with E-state index in [1.165, 1.54) is 0 Å². The third kappa shape index (κ3) is 1.99. The van der Waals surface area contributed by atoms with Gasteiger partial charge in [0.2, 0.25) is 0 Å². The van der Waals surface area contributed by atoms with E-state index < -0.39 is 0 Å². The van der Waals surface area contributed by atoms with Gasteiger partial charge in [-0.15, -0.1) is 0 Å². The molecule has 0 aromatic heterocycles. The average Bonchev–Trinajstić information content (AvgIpc) is 2.47. The molecule has 1 fully saturated rings. The molecule has 0 amide bonds. The Labute approximate surface area is 88.3 Å². The van der Waals surface area contributed by atoms with Gasteiger partial charge in [0, 0.05) is 12.0 Å². The first kappa shape index (κ1) is 9.34. The molecule has 0 unspecified atom stereocenters. The molecule has 0 aliphatic carbocycles. The van der Waals surface area contributed by atoms with Gasteiger partial charge in [0.15, 0.2) is 5.17 Å². The molecule has 1 aromatic carbocycles. The van der Waals surface area contributed by atoms with Crippen molar-refractivity contribution in [2.75, 3.05) is 13.6 Å². The van der Waals surface area contributed by atoms with E-state index in [9.17, 15) is 0 Å². The van der Waals surface area contributed by atoms with E-state index in [1.54, 1.807) is 11.8 Å². The zero-order valence-electron chi connectivity index (χ0n) is 8.10. The highest BCUT2D eigenvalue weighted by Gasteiger charge is 2.18. The van der Waals surface area contributed by atoms with Crippen LogP contribution in [0.25, 0.3) is 0 Å². The van der Waals surface area contributed by atoms with E-state index in [-0.39, 0.29) is 0 Å². The third-order valence-corrected chi connectivity index (χ3v) is 2.96. The van der Waals surface area contributed by atoms with Crippen molar-refractivity contribution in [3.05, 3.63) is 41.8 Å². The highest BCUT2D eigenvalue weighted by atomic mass is 32.2. The van der Waals surface area contributed by atoms with E-state index in [4.69, 9.17) is 0 Å². The van der Waals surface area contributed by atoms with Crippen molar-refractivity contribution in [2.45, 2.75) is 0 Å². The number of nitrogens with zero attached hydrogens (tertiary/aromatic N) is 2. The molecule has 2 rings (SSSR count). The molecule has 1 saturated heterocycles. The average molecular weight is 204 g/mol. The third-order valence-electron chi connectivity index (χ3n) is 1.96. The molecule has 1 heterocycles. The Morgan fingerprint density at radius 3 is 2.64 bits per heavy atom. The summed E-state index contributed by atoms with van der Waals surface area (Å²) in [5.74, 6) is 0. The molecule has 0 bridgehead atoms. The molecule has 0 radical (unpaired) electrons. The predicted octanol–water partition coefficient (Wildman–Crippen LogP) is 2.87. The minimum absolute atomic E-state index is 0.899. The minimum atomic E-state index is 0.899. The highest BCUT2D eigenvalue weighted by molar-refractivity contribution is 8.17.